The molecular formula is C13H18N2O5S. The largest absolute Gasteiger partial charge is 0.375 e. The van der Waals surface area contributed by atoms with Crippen molar-refractivity contribution in [2.45, 2.75) is 30.9 Å². The van der Waals surface area contributed by atoms with E-state index in [4.69, 9.17) is 4.74 Å². The molecule has 1 aromatic rings. The van der Waals surface area contributed by atoms with Crippen molar-refractivity contribution in [3.8, 4) is 0 Å². The molecule has 0 radical (unpaired) electrons. The van der Waals surface area contributed by atoms with Crippen molar-refractivity contribution in [2.75, 3.05) is 24.3 Å². The van der Waals surface area contributed by atoms with Crippen LogP contribution in [0.25, 0.3) is 0 Å². The number of nitro groups is 1. The normalized spacial score (nSPS) is 23.1. The van der Waals surface area contributed by atoms with Crippen molar-refractivity contribution >= 4 is 21.2 Å². The Bertz CT molecular complexity index is 659. The summed E-state index contributed by atoms with van der Waals surface area (Å²) in [6, 6.07) is 4.27. The van der Waals surface area contributed by atoms with E-state index in [1.807, 2.05) is 18.7 Å². The fourth-order valence-corrected chi connectivity index (χ4v) is 3.28. The summed E-state index contributed by atoms with van der Waals surface area (Å²) in [6.45, 7) is 5.08. The predicted octanol–water partition coefficient (Wildman–Crippen LogP) is 1.61. The minimum absolute atomic E-state index is 0.00984. The van der Waals surface area contributed by atoms with Gasteiger partial charge in [0.25, 0.3) is 5.69 Å². The van der Waals surface area contributed by atoms with Crippen LogP contribution in [0.2, 0.25) is 0 Å². The van der Waals surface area contributed by atoms with Gasteiger partial charge >= 0.3 is 0 Å². The lowest BCUT2D eigenvalue weighted by molar-refractivity contribution is -0.387. The topological polar surface area (TPSA) is 89.8 Å². The van der Waals surface area contributed by atoms with Crippen molar-refractivity contribution < 1.29 is 18.1 Å². The van der Waals surface area contributed by atoms with Gasteiger partial charge in [0.05, 0.1) is 23.7 Å². The Morgan fingerprint density at radius 3 is 2.62 bits per heavy atom. The Labute approximate surface area is 123 Å². The van der Waals surface area contributed by atoms with Crippen LogP contribution >= 0.6 is 0 Å². The van der Waals surface area contributed by atoms with E-state index in [1.54, 1.807) is 6.07 Å². The molecule has 0 N–H and O–H groups in total. The number of benzene rings is 1. The molecule has 1 aliphatic heterocycles. The van der Waals surface area contributed by atoms with Crippen LogP contribution in [0.3, 0.4) is 0 Å². The highest BCUT2D eigenvalue weighted by molar-refractivity contribution is 7.90. The zero-order valence-electron chi connectivity index (χ0n) is 12.1. The van der Waals surface area contributed by atoms with Crippen LogP contribution in [0, 0.1) is 10.1 Å². The molecule has 21 heavy (non-hydrogen) atoms. The van der Waals surface area contributed by atoms with Gasteiger partial charge in [0.15, 0.2) is 9.84 Å². The first kappa shape index (κ1) is 15.7. The number of ether oxygens (including phenoxy) is 1. The number of sulfone groups is 1. The average Bonchev–Trinajstić information content (AvgIpc) is 2.40. The summed E-state index contributed by atoms with van der Waals surface area (Å²) in [5, 5.41) is 11.0. The average molecular weight is 314 g/mol. The van der Waals surface area contributed by atoms with Crippen molar-refractivity contribution in [1.29, 1.82) is 0 Å². The zero-order chi connectivity index (χ0) is 15.8. The standard InChI is InChI=1S/C13H18N2O5S/c1-9-10(2)20-7-6-14(9)11-4-5-12(15(16)17)13(8-11)21(3,18)19/h4-5,8-10H,6-7H2,1-3H3. The van der Waals surface area contributed by atoms with Gasteiger partial charge in [0.1, 0.15) is 4.90 Å². The smallest absolute Gasteiger partial charge is 0.288 e. The Balaban J connectivity index is 2.50. The third-order valence-corrected chi connectivity index (χ3v) is 4.88. The lowest BCUT2D eigenvalue weighted by atomic mass is 10.1. The van der Waals surface area contributed by atoms with E-state index in [9.17, 15) is 18.5 Å². The Morgan fingerprint density at radius 1 is 1.38 bits per heavy atom. The second kappa shape index (κ2) is 5.61. The molecule has 0 aromatic heterocycles. The second-order valence-electron chi connectivity index (χ2n) is 5.19. The van der Waals surface area contributed by atoms with Crippen LogP contribution in [0.1, 0.15) is 13.8 Å². The highest BCUT2D eigenvalue weighted by atomic mass is 32.2. The Kier molecular flexibility index (Phi) is 4.20. The monoisotopic (exact) mass is 314 g/mol. The van der Waals surface area contributed by atoms with Crippen molar-refractivity contribution in [1.82, 2.24) is 0 Å². The second-order valence-corrected chi connectivity index (χ2v) is 7.18. The Morgan fingerprint density at radius 2 is 2.05 bits per heavy atom. The summed E-state index contributed by atoms with van der Waals surface area (Å²) in [7, 11) is -3.67. The summed E-state index contributed by atoms with van der Waals surface area (Å²) < 4.78 is 29.1. The molecule has 0 bridgehead atoms. The number of morpholine rings is 1. The van der Waals surface area contributed by atoms with Gasteiger partial charge in [-0.3, -0.25) is 10.1 Å². The summed E-state index contributed by atoms with van der Waals surface area (Å²) in [6.07, 6.45) is 0.987. The lowest BCUT2D eigenvalue weighted by Gasteiger charge is -2.39. The Hall–Kier alpha value is -1.67. The molecule has 0 saturated carbocycles. The van der Waals surface area contributed by atoms with Gasteiger partial charge in [-0.2, -0.15) is 0 Å². The molecule has 2 rings (SSSR count). The zero-order valence-corrected chi connectivity index (χ0v) is 13.0. The van der Waals surface area contributed by atoms with E-state index in [-0.39, 0.29) is 17.0 Å². The minimum atomic E-state index is -3.67. The SMILES string of the molecule is CC1OCCN(c2ccc([N+](=O)[O-])c(S(C)(=O)=O)c2)C1C. The molecule has 1 aliphatic rings. The van der Waals surface area contributed by atoms with E-state index < -0.39 is 20.4 Å². The molecule has 2 unspecified atom stereocenters. The van der Waals surface area contributed by atoms with E-state index in [2.05, 4.69) is 0 Å². The molecule has 2 atom stereocenters. The highest BCUT2D eigenvalue weighted by Crippen LogP contribution is 2.31. The summed E-state index contributed by atoms with van der Waals surface area (Å²) in [5.41, 5.74) is 0.263. The third-order valence-electron chi connectivity index (χ3n) is 3.76. The van der Waals surface area contributed by atoms with Crippen molar-refractivity contribution in [3.05, 3.63) is 28.3 Å². The quantitative estimate of drug-likeness (QED) is 0.622. The summed E-state index contributed by atoms with van der Waals surface area (Å²) in [5.74, 6) is 0. The maximum atomic E-state index is 11.8. The molecule has 1 saturated heterocycles. The van der Waals surface area contributed by atoms with E-state index in [1.165, 1.54) is 12.1 Å². The van der Waals surface area contributed by atoms with E-state index in [0.717, 1.165) is 6.26 Å². The van der Waals surface area contributed by atoms with Crippen LogP contribution in [0.15, 0.2) is 23.1 Å². The maximum absolute atomic E-state index is 11.8. The van der Waals surface area contributed by atoms with Crippen LogP contribution in [0.5, 0.6) is 0 Å². The van der Waals surface area contributed by atoms with E-state index in [0.29, 0.717) is 18.8 Å². The molecule has 1 heterocycles. The predicted molar refractivity (Wildman–Crippen MR) is 78.4 cm³/mol. The lowest BCUT2D eigenvalue weighted by Crippen LogP contribution is -2.48. The molecule has 0 aliphatic carbocycles. The molecule has 1 fully saturated rings. The van der Waals surface area contributed by atoms with Gasteiger partial charge in [-0.25, -0.2) is 8.42 Å². The molecule has 0 spiro atoms. The molecule has 1 aromatic carbocycles. The van der Waals surface area contributed by atoms with Crippen LogP contribution in [-0.2, 0) is 14.6 Å². The van der Waals surface area contributed by atoms with Crippen LogP contribution in [-0.4, -0.2) is 44.9 Å². The molecule has 116 valence electrons. The van der Waals surface area contributed by atoms with Gasteiger partial charge in [-0.15, -0.1) is 0 Å². The van der Waals surface area contributed by atoms with Crippen molar-refractivity contribution in [2.24, 2.45) is 0 Å². The third kappa shape index (κ3) is 3.16. The van der Waals surface area contributed by atoms with Crippen LogP contribution in [0.4, 0.5) is 11.4 Å². The molecular weight excluding hydrogens is 296 g/mol. The number of hydrogen-bond acceptors (Lipinski definition) is 6. The number of hydrogen-bond donors (Lipinski definition) is 0. The number of rotatable bonds is 3. The molecule has 8 heteroatoms. The number of nitro benzene ring substituents is 1. The van der Waals surface area contributed by atoms with Crippen molar-refractivity contribution in [3.63, 3.8) is 0 Å². The van der Waals surface area contributed by atoms with Gasteiger partial charge in [-0.1, -0.05) is 0 Å². The van der Waals surface area contributed by atoms with Gasteiger partial charge < -0.3 is 9.64 Å². The van der Waals surface area contributed by atoms with E-state index >= 15 is 0 Å². The molecule has 0 amide bonds. The highest BCUT2D eigenvalue weighted by Gasteiger charge is 2.29. The summed E-state index contributed by atoms with van der Waals surface area (Å²) in [4.78, 5) is 12.1. The maximum Gasteiger partial charge on any atom is 0.288 e. The fraction of sp³-hybridized carbons (Fsp3) is 0.538. The van der Waals surface area contributed by atoms with Gasteiger partial charge in [0.2, 0.25) is 0 Å². The first-order chi connectivity index (χ1) is 9.71. The van der Waals surface area contributed by atoms with Crippen LogP contribution < -0.4 is 4.90 Å². The number of nitrogens with zero attached hydrogens (tertiary/aromatic N) is 2. The first-order valence-electron chi connectivity index (χ1n) is 6.58. The molecule has 7 nitrogen and oxygen atoms in total. The summed E-state index contributed by atoms with van der Waals surface area (Å²) >= 11 is 0. The van der Waals surface area contributed by atoms with Gasteiger partial charge in [-0.05, 0) is 26.0 Å². The van der Waals surface area contributed by atoms with Gasteiger partial charge in [0, 0.05) is 24.6 Å². The fourth-order valence-electron chi connectivity index (χ4n) is 2.43. The minimum Gasteiger partial charge on any atom is -0.375 e. The number of anilines is 1. The first-order valence-corrected chi connectivity index (χ1v) is 8.47.